The maximum Gasteiger partial charge on any atom is 3.00 e. The standard InChI is InChI=1S/C29H26N2O.C17H22NSi.Ir/c1-17(2)20-12-14-22-23-10-7-11-24(28(23)32-26(22)16-20)29-30-27-21-9-6-5-8-19(21)13-15-25(27)31(29)18(3)4;1-13(2)15-11-16(14-9-7-6-8-10-14)18-12-17(15)19(3,4)5;/h5-10,12-18,29H,1-4H3;6-9,11-13H,1-5H3;/q-2;-1;+3/i;13D;. The van der Waals surface area contributed by atoms with Crippen LogP contribution in [-0.4, -0.2) is 19.1 Å². The minimum Gasteiger partial charge on any atom is -0.661 e. The number of pyridine rings is 1. The Morgan fingerprint density at radius 1 is 0.827 bits per heavy atom. The smallest absolute Gasteiger partial charge is 0.661 e. The van der Waals surface area contributed by atoms with Crippen molar-refractivity contribution in [3.63, 3.8) is 0 Å². The molecule has 266 valence electrons. The normalized spacial score (nSPS) is 14.6. The van der Waals surface area contributed by atoms with Crippen LogP contribution in [0.1, 0.15) is 77.6 Å². The third kappa shape index (κ3) is 7.09. The van der Waals surface area contributed by atoms with E-state index in [0.29, 0.717) is 5.92 Å². The summed E-state index contributed by atoms with van der Waals surface area (Å²) in [6.07, 6.45) is 1.82. The number of hydrogen-bond donors (Lipinski definition) is 0. The second-order valence-electron chi connectivity index (χ2n) is 15.4. The van der Waals surface area contributed by atoms with E-state index >= 15 is 0 Å². The molecule has 0 amide bonds. The number of nitrogens with zero attached hydrogens (tertiary/aromatic N) is 3. The van der Waals surface area contributed by atoms with Crippen molar-refractivity contribution in [1.82, 2.24) is 4.98 Å². The summed E-state index contributed by atoms with van der Waals surface area (Å²) in [5.41, 5.74) is 9.33. The summed E-state index contributed by atoms with van der Waals surface area (Å²) >= 11 is 0. The van der Waals surface area contributed by atoms with Crippen LogP contribution in [0.15, 0.2) is 108 Å². The predicted molar refractivity (Wildman–Crippen MR) is 220 cm³/mol. The minimum absolute atomic E-state index is 0. The van der Waals surface area contributed by atoms with Crippen molar-refractivity contribution in [3.05, 3.63) is 137 Å². The zero-order valence-corrected chi connectivity index (χ0v) is 35.0. The van der Waals surface area contributed by atoms with Crippen LogP contribution >= 0.6 is 0 Å². The van der Waals surface area contributed by atoms with Crippen LogP contribution in [0.25, 0.3) is 49.3 Å². The van der Waals surface area contributed by atoms with E-state index < -0.39 is 14.0 Å². The molecule has 0 radical (unpaired) electrons. The molecule has 1 aliphatic heterocycles. The monoisotopic (exact) mass is 880 g/mol. The Hall–Kier alpha value is -4.22. The van der Waals surface area contributed by atoms with Gasteiger partial charge >= 0.3 is 20.1 Å². The van der Waals surface area contributed by atoms with Gasteiger partial charge in [-0.3, -0.25) is 0 Å². The van der Waals surface area contributed by atoms with Gasteiger partial charge in [-0.1, -0.05) is 107 Å². The molecule has 0 spiro atoms. The molecule has 0 saturated heterocycles. The second kappa shape index (κ2) is 15.0. The summed E-state index contributed by atoms with van der Waals surface area (Å²) in [4.78, 5) is 7.00. The Kier molecular flexibility index (Phi) is 10.4. The topological polar surface area (TPSA) is 43.4 Å². The van der Waals surface area contributed by atoms with Crippen molar-refractivity contribution in [1.29, 1.82) is 0 Å². The number of hydrogen-bond acceptors (Lipinski definition) is 3. The third-order valence-electron chi connectivity index (χ3n) is 9.88. The number of rotatable bonds is 6. The van der Waals surface area contributed by atoms with Gasteiger partial charge in [0, 0.05) is 30.3 Å². The van der Waals surface area contributed by atoms with Crippen LogP contribution in [0.2, 0.25) is 19.6 Å². The molecule has 0 N–H and O–H groups in total. The van der Waals surface area contributed by atoms with E-state index in [0.717, 1.165) is 50.0 Å². The molecule has 5 aromatic carbocycles. The van der Waals surface area contributed by atoms with Crippen LogP contribution < -0.4 is 10.1 Å². The molecule has 52 heavy (non-hydrogen) atoms. The van der Waals surface area contributed by atoms with Gasteiger partial charge in [-0.2, -0.15) is 18.2 Å². The van der Waals surface area contributed by atoms with E-state index in [2.05, 4.69) is 136 Å². The fourth-order valence-electron chi connectivity index (χ4n) is 7.16. The van der Waals surface area contributed by atoms with Gasteiger partial charge in [-0.05, 0) is 71.2 Å². The first-order valence-electron chi connectivity index (χ1n) is 18.6. The van der Waals surface area contributed by atoms with Crippen molar-refractivity contribution >= 4 is 57.3 Å². The number of benzene rings is 5. The predicted octanol–water partition coefficient (Wildman–Crippen LogP) is 12.8. The molecular weight excluding hydrogens is 831 g/mol. The zero-order valence-electron chi connectivity index (χ0n) is 32.6. The van der Waals surface area contributed by atoms with Gasteiger partial charge in [0.25, 0.3) is 0 Å². The molecule has 1 unspecified atom stereocenters. The first kappa shape index (κ1) is 36.1. The van der Waals surface area contributed by atoms with E-state index in [9.17, 15) is 0 Å². The largest absolute Gasteiger partial charge is 3.00 e. The van der Waals surface area contributed by atoms with E-state index in [1.165, 1.54) is 27.2 Å². The Morgan fingerprint density at radius 3 is 2.29 bits per heavy atom. The van der Waals surface area contributed by atoms with Gasteiger partial charge in [0.05, 0.1) is 8.07 Å². The van der Waals surface area contributed by atoms with Crippen molar-refractivity contribution in [2.24, 2.45) is 0 Å². The summed E-state index contributed by atoms with van der Waals surface area (Å²) < 4.78 is 14.9. The Morgan fingerprint density at radius 2 is 1.60 bits per heavy atom. The van der Waals surface area contributed by atoms with Gasteiger partial charge in [0.1, 0.15) is 5.58 Å². The molecule has 0 fully saturated rings. The van der Waals surface area contributed by atoms with Gasteiger partial charge in [-0.25, -0.2) is 0 Å². The van der Waals surface area contributed by atoms with E-state index in [1.807, 2.05) is 50.4 Å². The molecule has 7 aromatic rings. The maximum atomic E-state index is 8.44. The quantitative estimate of drug-likeness (QED) is 0.123. The first-order valence-corrected chi connectivity index (χ1v) is 21.6. The molecular formula is C46H48IrN3OSi. The van der Waals surface area contributed by atoms with Gasteiger partial charge in [-0.15, -0.1) is 47.1 Å². The molecule has 4 nitrogen and oxygen atoms in total. The summed E-state index contributed by atoms with van der Waals surface area (Å²) in [5, 5.41) is 11.2. The Bertz CT molecular complexity index is 2390. The zero-order chi connectivity index (χ0) is 36.9. The van der Waals surface area contributed by atoms with Gasteiger partial charge in [0.15, 0.2) is 0 Å². The molecule has 6 heteroatoms. The Labute approximate surface area is 325 Å². The first-order chi connectivity index (χ1) is 24.7. The molecule has 2 aromatic heterocycles. The number of furan rings is 1. The summed E-state index contributed by atoms with van der Waals surface area (Å²) in [7, 11) is -1.50. The number of aromatic nitrogens is 1. The van der Waals surface area contributed by atoms with Crippen LogP contribution in [0, 0.1) is 12.1 Å². The van der Waals surface area contributed by atoms with E-state index in [4.69, 9.17) is 11.1 Å². The number of fused-ring (bicyclic) bond motifs is 6. The molecule has 8 rings (SSSR count). The molecule has 0 aliphatic carbocycles. The average Bonchev–Trinajstić information content (AvgIpc) is 3.70. The maximum absolute atomic E-state index is 8.44. The van der Waals surface area contributed by atoms with Crippen LogP contribution in [0.3, 0.4) is 0 Å². The molecule has 0 saturated carbocycles. The van der Waals surface area contributed by atoms with Crippen molar-refractivity contribution in [3.8, 4) is 11.3 Å². The molecule has 1 atom stereocenters. The molecule has 3 heterocycles. The molecule has 0 bridgehead atoms. The third-order valence-corrected chi connectivity index (χ3v) is 11.9. The van der Waals surface area contributed by atoms with Crippen LogP contribution in [0.4, 0.5) is 11.4 Å². The molecule has 1 aliphatic rings. The second-order valence-corrected chi connectivity index (χ2v) is 20.5. The minimum atomic E-state index is -1.50. The average molecular weight is 880 g/mol. The van der Waals surface area contributed by atoms with Crippen LogP contribution in [0.5, 0.6) is 0 Å². The SMILES string of the molecule is CC(C)c1ccc2c(c1)oc1c(C3[N-]c4c(ccc5ccccc45)N3C(C)C)[c-]ccc12.[2H]C(C)(C)c1cc(-c2[c-]cccc2)ncc1[Si](C)(C)C.[Ir+3]. The van der Waals surface area contributed by atoms with Crippen molar-refractivity contribution in [2.45, 2.75) is 85.2 Å². The summed E-state index contributed by atoms with van der Waals surface area (Å²) in [5.74, 6) is -0.148. The van der Waals surface area contributed by atoms with E-state index in [1.54, 1.807) is 0 Å². The van der Waals surface area contributed by atoms with Crippen molar-refractivity contribution < 1.29 is 25.9 Å². The Balaban J connectivity index is 0.000000199. The van der Waals surface area contributed by atoms with Crippen molar-refractivity contribution in [2.75, 3.05) is 4.90 Å². The summed E-state index contributed by atoms with van der Waals surface area (Å²) in [6, 6.07) is 40.5. The van der Waals surface area contributed by atoms with E-state index in [-0.39, 0.29) is 32.3 Å². The fraction of sp³-hybridized carbons (Fsp3) is 0.283. The summed E-state index contributed by atoms with van der Waals surface area (Å²) in [6.45, 7) is 19.7. The fourth-order valence-corrected chi connectivity index (χ4v) is 8.75. The number of anilines is 1. The van der Waals surface area contributed by atoms with Gasteiger partial charge in [0.2, 0.25) is 0 Å². The van der Waals surface area contributed by atoms with Gasteiger partial charge < -0.3 is 19.6 Å². The van der Waals surface area contributed by atoms with Crippen LogP contribution in [-0.2, 0) is 20.1 Å².